The van der Waals surface area contributed by atoms with Crippen LogP contribution < -0.4 is 0 Å². The summed E-state index contributed by atoms with van der Waals surface area (Å²) in [6, 6.07) is 42.3. The van der Waals surface area contributed by atoms with E-state index in [0.29, 0.717) is 33.7 Å². The van der Waals surface area contributed by atoms with Crippen molar-refractivity contribution in [2.45, 2.75) is 276 Å². The first-order valence-corrected chi connectivity index (χ1v) is 39.4. The molecule has 0 amide bonds. The van der Waals surface area contributed by atoms with Crippen molar-refractivity contribution in [1.29, 1.82) is 0 Å². The third-order valence-electron chi connectivity index (χ3n) is 18.0. The molecule has 0 saturated heterocycles. The number of hydrogen-bond donors (Lipinski definition) is 0. The molecule has 0 atom stereocenters. The summed E-state index contributed by atoms with van der Waals surface area (Å²) in [5.41, 5.74) is 6.14. The molecule has 0 heterocycles. The molecule has 0 bridgehead atoms. The summed E-state index contributed by atoms with van der Waals surface area (Å²) < 4.78 is 244. The van der Waals surface area contributed by atoms with E-state index in [-0.39, 0.29) is 72.3 Å². The summed E-state index contributed by atoms with van der Waals surface area (Å²) in [5, 5.41) is 0. The van der Waals surface area contributed by atoms with Gasteiger partial charge in [-0.3, -0.25) is 0 Å². The molecule has 0 aliphatic carbocycles. The van der Waals surface area contributed by atoms with E-state index in [1.54, 1.807) is 92.6 Å². The lowest BCUT2D eigenvalue weighted by atomic mass is 9.86. The Kier molecular flexibility index (Phi) is 40.7. The topological polar surface area (TPSA) is 0 Å². The van der Waals surface area contributed by atoms with Gasteiger partial charge in [-0.15, -0.1) is 0 Å². The van der Waals surface area contributed by atoms with Crippen molar-refractivity contribution in [3.8, 4) is 0 Å². The molecule has 0 aliphatic heterocycles. The predicted octanol–water partition coefficient (Wildman–Crippen LogP) is 33.1. The van der Waals surface area contributed by atoms with Gasteiger partial charge in [-0.25, -0.2) is 83.4 Å². The third-order valence-corrected chi connectivity index (χ3v) is 18.0. The largest absolute Gasteiger partial charge is 0.207 e. The van der Waals surface area contributed by atoms with Crippen LogP contribution in [0.15, 0.2) is 176 Å². The maximum Gasteiger partial charge on any atom is 0.194 e. The first kappa shape index (κ1) is 110. The van der Waals surface area contributed by atoms with Gasteiger partial charge >= 0.3 is 0 Å². The highest BCUT2D eigenvalue weighted by Gasteiger charge is 2.27. The lowest BCUT2D eigenvalue weighted by molar-refractivity contribution is 0.423. The Bertz CT molecular complexity index is 4780. The zero-order valence-electron chi connectivity index (χ0n) is 76.4. The number of aryl methyl sites for hydroxylation is 2. The van der Waals surface area contributed by atoms with Crippen LogP contribution >= 0.6 is 0 Å². The molecule has 0 aliphatic rings. The monoisotopic (exact) mass is 1710 g/mol. The molecular formula is C102H125F19. The highest BCUT2D eigenvalue weighted by atomic mass is 19.2. The normalized spacial score (nSPS) is 11.8. The van der Waals surface area contributed by atoms with E-state index >= 15 is 0 Å². The van der Waals surface area contributed by atoms with Crippen molar-refractivity contribution in [3.63, 3.8) is 0 Å². The fourth-order valence-corrected chi connectivity index (χ4v) is 10.6. The van der Waals surface area contributed by atoms with E-state index in [1.807, 2.05) is 136 Å². The molecule has 0 N–H and O–H groups in total. The van der Waals surface area contributed by atoms with Crippen LogP contribution in [-0.2, 0) is 54.1 Å². The Morgan fingerprint density at radius 1 is 0.149 bits per heavy atom. The smallest absolute Gasteiger partial charge is 0.194 e. The molecule has 10 aromatic carbocycles. The van der Waals surface area contributed by atoms with Crippen molar-refractivity contribution in [1.82, 2.24) is 0 Å². The van der Waals surface area contributed by atoms with Crippen LogP contribution in [0.5, 0.6) is 0 Å². The predicted molar refractivity (Wildman–Crippen MR) is 460 cm³/mol. The quantitative estimate of drug-likeness (QED) is 0.0806. The zero-order chi connectivity index (χ0) is 94.4. The first-order chi connectivity index (χ1) is 54.5. The average Bonchev–Trinajstić information content (AvgIpc) is 0.808. The lowest BCUT2D eigenvalue weighted by Gasteiger charge is -2.19. The Labute approximate surface area is 708 Å². The van der Waals surface area contributed by atoms with Gasteiger partial charge in [-0.2, -0.15) is 0 Å². The van der Waals surface area contributed by atoms with Crippen molar-refractivity contribution in [2.24, 2.45) is 0 Å². The molecule has 0 nitrogen and oxygen atoms in total. The van der Waals surface area contributed by atoms with Crippen molar-refractivity contribution >= 4 is 0 Å². The molecule has 0 saturated carbocycles. The Balaban J connectivity index is 0.000000673. The van der Waals surface area contributed by atoms with Crippen LogP contribution in [0.1, 0.15) is 274 Å². The van der Waals surface area contributed by atoms with Crippen LogP contribution in [0.2, 0.25) is 0 Å². The van der Waals surface area contributed by atoms with Gasteiger partial charge in [-0.1, -0.05) is 281 Å². The van der Waals surface area contributed by atoms with Gasteiger partial charge in [-0.05, 0) is 226 Å². The Morgan fingerprint density at radius 2 is 0.496 bits per heavy atom. The van der Waals surface area contributed by atoms with Gasteiger partial charge < -0.3 is 0 Å². The van der Waals surface area contributed by atoms with E-state index < -0.39 is 98.1 Å². The van der Waals surface area contributed by atoms with E-state index in [0.717, 1.165) is 82.4 Å². The summed E-state index contributed by atoms with van der Waals surface area (Å²) in [5.74, 6) is -15.2. The summed E-state index contributed by atoms with van der Waals surface area (Å²) in [4.78, 5) is 0. The molecular weight excluding hydrogens is 1590 g/mol. The summed E-state index contributed by atoms with van der Waals surface area (Å²) >= 11 is 0. The minimum Gasteiger partial charge on any atom is -0.207 e. The van der Waals surface area contributed by atoms with Gasteiger partial charge in [0.15, 0.2) is 69.8 Å². The molecule has 0 spiro atoms. The number of rotatable bonds is 0. The van der Waals surface area contributed by atoms with Crippen molar-refractivity contribution in [3.05, 3.63) is 353 Å². The van der Waals surface area contributed by atoms with Crippen molar-refractivity contribution in [2.75, 3.05) is 0 Å². The van der Waals surface area contributed by atoms with Gasteiger partial charge in [0, 0.05) is 12.1 Å². The zero-order valence-corrected chi connectivity index (χ0v) is 76.4. The second-order valence-corrected chi connectivity index (χ2v) is 39.6. The minimum atomic E-state index is -1.41. The molecule has 10 rings (SSSR count). The van der Waals surface area contributed by atoms with E-state index in [9.17, 15) is 83.4 Å². The highest BCUT2D eigenvalue weighted by molar-refractivity contribution is 5.34. The van der Waals surface area contributed by atoms with Gasteiger partial charge in [0.25, 0.3) is 0 Å². The van der Waals surface area contributed by atoms with Crippen molar-refractivity contribution < 1.29 is 83.4 Å². The average molecular weight is 1710 g/mol. The fraction of sp³-hybridized carbons (Fsp3) is 0.412. The second kappa shape index (κ2) is 44.8. The van der Waals surface area contributed by atoms with E-state index in [1.165, 1.54) is 42.0 Å². The van der Waals surface area contributed by atoms with Crippen LogP contribution in [0.4, 0.5) is 83.4 Å². The SMILES string of the molecule is CC(C)(C)c1cc(F)c(F)c(F)c1.CC(C)(C)c1cc(F)c(F)cc1F.CC(C)(C)c1cc(F)cc(F)c1.CC(C)(C)c1cc(F)ccc1F.CC(C)(C)c1ccc(F)c(F)c1.CC(C)(C)c1ccc(F)c(F)c1F.CC(C)(C)c1cccc(F)c1F.CC(C)(C)c1ccccc1.Cc1cc(F)cc(C(C)(C)C)c1.Cc1ccc(C(C)(C)C)c(F)c1. The van der Waals surface area contributed by atoms with Gasteiger partial charge in [0.1, 0.15) is 40.7 Å². The summed E-state index contributed by atoms with van der Waals surface area (Å²) in [7, 11) is 0. The number of hydrogen-bond acceptors (Lipinski definition) is 0. The molecule has 0 aromatic heterocycles. The molecule has 0 radical (unpaired) electrons. The molecule has 0 fully saturated rings. The van der Waals surface area contributed by atoms with Crippen LogP contribution in [0, 0.1) is 124 Å². The Hall–Kier alpha value is -9.13. The van der Waals surface area contributed by atoms with Crippen LogP contribution in [0.25, 0.3) is 0 Å². The molecule has 0 unspecified atom stereocenters. The lowest BCUT2D eigenvalue weighted by Crippen LogP contribution is -2.15. The standard InChI is InChI=1S/2C11H15F.3C10H11F3.4C10H12F2.C10H14/c1-8-5-9(11(2,3)4)7-10(12)6-8;1-8-5-6-9(10(12)7-8)11(2,3)4;1-10(2,3)6-4-8(12)9(13)5-7(6)11;1-10(2,3)6-4-7(11)9(13)8(12)5-6;1-10(2,3)6-4-5-7(11)9(13)8(6)12;1-10(2,3)7-4-8(11)6-9(12)5-7;1-10(2,3)8-6-7(11)4-5-9(8)12;1-10(2,3)7-4-5-8(11)9(12)6-7;1-10(2,3)7-5-4-6-8(11)9(7)12;1-10(2,3)9-7-5-4-6-8-9/h2*5-7H,1-4H3;3*4-5H,1-3H3;4*4-6H,1-3H3;4-8H,1-3H3. The molecule has 10 aromatic rings. The maximum atomic E-state index is 13.3. The first-order valence-electron chi connectivity index (χ1n) is 39.4. The number of benzene rings is 10. The van der Waals surface area contributed by atoms with E-state index in [4.69, 9.17) is 0 Å². The maximum absolute atomic E-state index is 13.3. The van der Waals surface area contributed by atoms with Gasteiger partial charge in [0.05, 0.1) is 0 Å². The molecule has 19 heteroatoms. The summed E-state index contributed by atoms with van der Waals surface area (Å²) in [6.07, 6.45) is 0. The Morgan fingerprint density at radius 3 is 0.884 bits per heavy atom. The van der Waals surface area contributed by atoms with Crippen LogP contribution in [0.3, 0.4) is 0 Å². The van der Waals surface area contributed by atoms with Crippen LogP contribution in [-0.4, -0.2) is 0 Å². The second-order valence-electron chi connectivity index (χ2n) is 39.6. The fourth-order valence-electron chi connectivity index (χ4n) is 10.6. The van der Waals surface area contributed by atoms with E-state index in [2.05, 4.69) is 71.9 Å². The van der Waals surface area contributed by atoms with Gasteiger partial charge in [0.2, 0.25) is 0 Å². The minimum absolute atomic E-state index is 0.0346. The molecule has 666 valence electrons. The number of halogens is 19. The third kappa shape index (κ3) is 38.5. The highest BCUT2D eigenvalue weighted by Crippen LogP contribution is 2.34. The summed E-state index contributed by atoms with van der Waals surface area (Å²) in [6.45, 7) is 61.4. The molecule has 121 heavy (non-hydrogen) atoms.